The van der Waals surface area contributed by atoms with Crippen LogP contribution in [0.3, 0.4) is 0 Å². The lowest BCUT2D eigenvalue weighted by Gasteiger charge is -2.29. The summed E-state index contributed by atoms with van der Waals surface area (Å²) >= 11 is 0. The summed E-state index contributed by atoms with van der Waals surface area (Å²) in [5.74, 6) is -1.27. The van der Waals surface area contributed by atoms with E-state index in [1.807, 2.05) is 6.07 Å². The van der Waals surface area contributed by atoms with Crippen LogP contribution in [0.15, 0.2) is 18.2 Å². The van der Waals surface area contributed by atoms with Gasteiger partial charge in [0.2, 0.25) is 11.8 Å². The fourth-order valence-electron chi connectivity index (χ4n) is 3.14. The van der Waals surface area contributed by atoms with Crippen molar-refractivity contribution in [1.82, 2.24) is 5.32 Å². The Balaban J connectivity index is 1.80. The highest BCUT2D eigenvalue weighted by Gasteiger charge is 2.28. The van der Waals surface area contributed by atoms with E-state index in [0.717, 1.165) is 25.9 Å². The van der Waals surface area contributed by atoms with Gasteiger partial charge < -0.3 is 4.90 Å². The molecule has 21 heavy (non-hydrogen) atoms. The molecule has 2 aliphatic rings. The molecular weight excluding hydrogens is 271 g/mol. The van der Waals surface area contributed by atoms with Crippen molar-refractivity contribution in [3.63, 3.8) is 0 Å². The Hall–Kier alpha value is -1.91. The van der Waals surface area contributed by atoms with Crippen LogP contribution in [-0.2, 0) is 9.59 Å². The fraction of sp³-hybridized carbons (Fsp3) is 0.500. The molecule has 0 bridgehead atoms. The number of piperidine rings is 2. The highest BCUT2D eigenvalue weighted by Crippen LogP contribution is 2.30. The molecule has 0 aromatic heterocycles. The average Bonchev–Trinajstić information content (AvgIpc) is 2.48. The van der Waals surface area contributed by atoms with Gasteiger partial charge in [-0.15, -0.1) is 0 Å². The molecule has 5 heteroatoms. The first-order chi connectivity index (χ1) is 10.1. The summed E-state index contributed by atoms with van der Waals surface area (Å²) in [5, 5.41) is 2.31. The zero-order chi connectivity index (χ0) is 14.8. The van der Waals surface area contributed by atoms with Crippen LogP contribution in [0.25, 0.3) is 0 Å². The third-order valence-corrected chi connectivity index (χ3v) is 4.31. The summed E-state index contributed by atoms with van der Waals surface area (Å²) in [6.07, 6.45) is 4.15. The molecule has 4 nitrogen and oxygen atoms in total. The van der Waals surface area contributed by atoms with Gasteiger partial charge in [0, 0.05) is 19.5 Å². The van der Waals surface area contributed by atoms with Crippen molar-refractivity contribution in [1.29, 1.82) is 0 Å². The van der Waals surface area contributed by atoms with Gasteiger partial charge in [-0.25, -0.2) is 4.39 Å². The standard InChI is InChI=1S/C16H19FN2O2/c17-13-10-11(12-5-7-15(20)18-16(12)21)4-6-14(13)19-8-2-1-3-9-19/h4,6,10,12H,1-3,5,7-9H2,(H,18,20,21)/t12-/m1/s1. The number of nitrogens with one attached hydrogen (secondary N) is 1. The van der Waals surface area contributed by atoms with Gasteiger partial charge in [0.15, 0.2) is 0 Å². The van der Waals surface area contributed by atoms with Gasteiger partial charge in [0.1, 0.15) is 5.82 Å². The maximum Gasteiger partial charge on any atom is 0.234 e. The quantitative estimate of drug-likeness (QED) is 0.851. The summed E-state index contributed by atoms with van der Waals surface area (Å²) in [4.78, 5) is 25.1. The Bertz CT molecular complexity index is 567. The van der Waals surface area contributed by atoms with Crippen LogP contribution in [0.4, 0.5) is 10.1 Å². The molecule has 0 saturated carbocycles. The van der Waals surface area contributed by atoms with Gasteiger partial charge >= 0.3 is 0 Å². The van der Waals surface area contributed by atoms with Gasteiger partial charge in [-0.3, -0.25) is 14.9 Å². The number of hydrogen-bond donors (Lipinski definition) is 1. The summed E-state index contributed by atoms with van der Waals surface area (Å²) in [6.45, 7) is 1.77. The molecule has 1 atom stereocenters. The second kappa shape index (κ2) is 5.84. The molecule has 2 saturated heterocycles. The van der Waals surface area contributed by atoms with E-state index in [1.165, 1.54) is 12.5 Å². The van der Waals surface area contributed by atoms with Crippen molar-refractivity contribution in [2.45, 2.75) is 38.0 Å². The first kappa shape index (κ1) is 14.0. The summed E-state index contributed by atoms with van der Waals surface area (Å²) < 4.78 is 14.4. The topological polar surface area (TPSA) is 49.4 Å². The van der Waals surface area contributed by atoms with Crippen LogP contribution in [0.2, 0.25) is 0 Å². The van der Waals surface area contributed by atoms with E-state index < -0.39 is 5.92 Å². The minimum atomic E-state index is -0.424. The summed E-state index contributed by atoms with van der Waals surface area (Å²) in [5.41, 5.74) is 1.27. The molecule has 0 radical (unpaired) electrons. The maximum absolute atomic E-state index is 14.4. The maximum atomic E-state index is 14.4. The van der Waals surface area contributed by atoms with Crippen molar-refractivity contribution in [2.24, 2.45) is 0 Å². The number of halogens is 1. The van der Waals surface area contributed by atoms with E-state index >= 15 is 0 Å². The second-order valence-electron chi connectivity index (χ2n) is 5.76. The Morgan fingerprint density at radius 1 is 1.14 bits per heavy atom. The Morgan fingerprint density at radius 2 is 1.90 bits per heavy atom. The smallest absolute Gasteiger partial charge is 0.234 e. The second-order valence-corrected chi connectivity index (χ2v) is 5.76. The van der Waals surface area contributed by atoms with Crippen molar-refractivity contribution in [3.8, 4) is 0 Å². The molecule has 0 unspecified atom stereocenters. The van der Waals surface area contributed by atoms with E-state index in [0.29, 0.717) is 24.1 Å². The van der Waals surface area contributed by atoms with Gasteiger partial charge in [-0.05, 0) is 43.4 Å². The van der Waals surface area contributed by atoms with E-state index in [1.54, 1.807) is 6.07 Å². The predicted octanol–water partition coefficient (Wildman–Crippen LogP) is 2.34. The number of imide groups is 1. The van der Waals surface area contributed by atoms with Crippen molar-refractivity contribution < 1.29 is 14.0 Å². The monoisotopic (exact) mass is 290 g/mol. The van der Waals surface area contributed by atoms with Gasteiger partial charge in [0.05, 0.1) is 11.6 Å². The number of rotatable bonds is 2. The van der Waals surface area contributed by atoms with Crippen molar-refractivity contribution >= 4 is 17.5 Å². The first-order valence-electron chi connectivity index (χ1n) is 7.53. The number of carbonyl (C=O) groups is 2. The summed E-state index contributed by atoms with van der Waals surface area (Å²) in [7, 11) is 0. The van der Waals surface area contributed by atoms with E-state index in [9.17, 15) is 14.0 Å². The van der Waals surface area contributed by atoms with E-state index in [-0.39, 0.29) is 17.6 Å². The number of benzene rings is 1. The van der Waals surface area contributed by atoms with Crippen LogP contribution >= 0.6 is 0 Å². The normalized spacial score (nSPS) is 23.1. The molecule has 2 aliphatic heterocycles. The number of hydrogen-bond acceptors (Lipinski definition) is 3. The van der Waals surface area contributed by atoms with Crippen LogP contribution in [0.1, 0.15) is 43.6 Å². The number of carbonyl (C=O) groups excluding carboxylic acids is 2. The molecule has 2 heterocycles. The molecule has 1 aromatic carbocycles. The van der Waals surface area contributed by atoms with Gasteiger partial charge in [0.25, 0.3) is 0 Å². The number of amides is 2. The molecule has 2 fully saturated rings. The lowest BCUT2D eigenvalue weighted by Crippen LogP contribution is -2.39. The SMILES string of the molecule is O=C1CC[C@H](c2ccc(N3CCCCC3)c(F)c2)C(=O)N1. The number of nitrogens with zero attached hydrogens (tertiary/aromatic N) is 1. The molecule has 1 aromatic rings. The third-order valence-electron chi connectivity index (χ3n) is 4.31. The lowest BCUT2D eigenvalue weighted by atomic mass is 9.90. The molecule has 1 N–H and O–H groups in total. The Morgan fingerprint density at radius 3 is 2.57 bits per heavy atom. The summed E-state index contributed by atoms with van der Waals surface area (Å²) in [6, 6.07) is 5.02. The predicted molar refractivity (Wildman–Crippen MR) is 77.6 cm³/mol. The zero-order valence-corrected chi connectivity index (χ0v) is 11.9. The Kier molecular flexibility index (Phi) is 3.90. The minimum Gasteiger partial charge on any atom is -0.369 e. The highest BCUT2D eigenvalue weighted by molar-refractivity contribution is 6.00. The van der Waals surface area contributed by atoms with E-state index in [2.05, 4.69) is 10.2 Å². The fourth-order valence-corrected chi connectivity index (χ4v) is 3.14. The largest absolute Gasteiger partial charge is 0.369 e. The average molecular weight is 290 g/mol. The minimum absolute atomic E-state index is 0.248. The van der Waals surface area contributed by atoms with Crippen molar-refractivity contribution in [3.05, 3.63) is 29.6 Å². The number of anilines is 1. The van der Waals surface area contributed by atoms with Crippen LogP contribution in [0.5, 0.6) is 0 Å². The molecule has 3 rings (SSSR count). The van der Waals surface area contributed by atoms with Crippen LogP contribution in [0, 0.1) is 5.82 Å². The molecule has 2 amide bonds. The zero-order valence-electron chi connectivity index (χ0n) is 11.9. The molecule has 0 aliphatic carbocycles. The van der Waals surface area contributed by atoms with E-state index in [4.69, 9.17) is 0 Å². The molecule has 0 spiro atoms. The van der Waals surface area contributed by atoms with Crippen LogP contribution in [-0.4, -0.2) is 24.9 Å². The highest BCUT2D eigenvalue weighted by atomic mass is 19.1. The molecule has 112 valence electrons. The Labute approximate surface area is 123 Å². The lowest BCUT2D eigenvalue weighted by molar-refractivity contribution is -0.134. The van der Waals surface area contributed by atoms with Gasteiger partial charge in [-0.1, -0.05) is 6.07 Å². The molecular formula is C16H19FN2O2. The first-order valence-corrected chi connectivity index (χ1v) is 7.53. The van der Waals surface area contributed by atoms with Crippen molar-refractivity contribution in [2.75, 3.05) is 18.0 Å². The van der Waals surface area contributed by atoms with Crippen LogP contribution < -0.4 is 10.2 Å². The van der Waals surface area contributed by atoms with Gasteiger partial charge in [-0.2, -0.15) is 0 Å². The third kappa shape index (κ3) is 2.91.